The maximum Gasteiger partial charge on any atom is 0.145 e. The van der Waals surface area contributed by atoms with Crippen LogP contribution in [0.4, 0.5) is 0 Å². The van der Waals surface area contributed by atoms with E-state index >= 15 is 0 Å². The molecule has 0 aliphatic heterocycles. The molecule has 1 aromatic carbocycles. The number of thiophene rings is 1. The summed E-state index contributed by atoms with van der Waals surface area (Å²) in [5.41, 5.74) is 7.06. The van der Waals surface area contributed by atoms with Crippen molar-refractivity contribution in [2.75, 3.05) is 13.7 Å². The first-order valence-corrected chi connectivity index (χ1v) is 8.47. The van der Waals surface area contributed by atoms with Gasteiger partial charge in [-0.15, -0.1) is 11.3 Å². The molecule has 0 saturated carbocycles. The van der Waals surface area contributed by atoms with Gasteiger partial charge in [-0.25, -0.2) is 0 Å². The van der Waals surface area contributed by atoms with Crippen LogP contribution < -0.4 is 15.2 Å². The SMILES string of the molecule is COc1cc(Br)c(OC(CN)c2sccc2C)cc1Br. The highest BCUT2D eigenvalue weighted by Gasteiger charge is 2.18. The van der Waals surface area contributed by atoms with Crippen LogP contribution in [0.25, 0.3) is 0 Å². The van der Waals surface area contributed by atoms with E-state index in [0.717, 1.165) is 25.3 Å². The number of methoxy groups -OCH3 is 1. The van der Waals surface area contributed by atoms with Crippen LogP contribution in [0, 0.1) is 6.92 Å². The lowest BCUT2D eigenvalue weighted by Gasteiger charge is -2.19. The molecule has 0 aliphatic carbocycles. The summed E-state index contributed by atoms with van der Waals surface area (Å²) in [7, 11) is 1.63. The molecule has 1 aromatic heterocycles. The van der Waals surface area contributed by atoms with E-state index in [-0.39, 0.29) is 6.10 Å². The second-order valence-electron chi connectivity index (χ2n) is 4.23. The lowest BCUT2D eigenvalue weighted by atomic mass is 10.2. The first-order chi connectivity index (χ1) is 9.56. The zero-order valence-electron chi connectivity index (χ0n) is 11.2. The Hall–Kier alpha value is -0.560. The number of hydrogen-bond donors (Lipinski definition) is 1. The number of hydrogen-bond acceptors (Lipinski definition) is 4. The molecule has 108 valence electrons. The average molecular weight is 421 g/mol. The van der Waals surface area contributed by atoms with Gasteiger partial charge in [-0.1, -0.05) is 0 Å². The van der Waals surface area contributed by atoms with Crippen LogP contribution in [0.15, 0.2) is 32.5 Å². The normalized spacial score (nSPS) is 12.2. The number of benzene rings is 1. The summed E-state index contributed by atoms with van der Waals surface area (Å²) in [6, 6.07) is 5.83. The van der Waals surface area contributed by atoms with Crippen molar-refractivity contribution in [3.8, 4) is 11.5 Å². The highest BCUT2D eigenvalue weighted by atomic mass is 79.9. The summed E-state index contributed by atoms with van der Waals surface area (Å²) in [6.07, 6.45) is -0.147. The van der Waals surface area contributed by atoms with Gasteiger partial charge >= 0.3 is 0 Å². The molecule has 3 nitrogen and oxygen atoms in total. The Morgan fingerprint density at radius 2 is 1.90 bits per heavy atom. The summed E-state index contributed by atoms with van der Waals surface area (Å²) in [4.78, 5) is 1.16. The number of aryl methyl sites for hydroxylation is 1. The third-order valence-electron chi connectivity index (χ3n) is 2.88. The lowest BCUT2D eigenvalue weighted by molar-refractivity contribution is 0.215. The highest BCUT2D eigenvalue weighted by Crippen LogP contribution is 2.38. The molecule has 0 saturated heterocycles. The van der Waals surface area contributed by atoms with E-state index < -0.39 is 0 Å². The fourth-order valence-electron chi connectivity index (χ4n) is 1.83. The average Bonchev–Trinajstić information content (AvgIpc) is 2.85. The zero-order valence-corrected chi connectivity index (χ0v) is 15.1. The van der Waals surface area contributed by atoms with Crippen LogP contribution >= 0.6 is 43.2 Å². The van der Waals surface area contributed by atoms with E-state index in [1.807, 2.05) is 12.1 Å². The Balaban J connectivity index is 2.29. The van der Waals surface area contributed by atoms with Gasteiger partial charge in [0.1, 0.15) is 17.6 Å². The molecule has 2 rings (SSSR count). The van der Waals surface area contributed by atoms with E-state index in [2.05, 4.69) is 50.2 Å². The standard InChI is InChI=1S/C14H15Br2NO2S/c1-8-3-4-20-14(8)13(7-17)19-12-6-9(15)11(18-2)5-10(12)16/h3-6,13H,7,17H2,1-2H3. The Morgan fingerprint density at radius 3 is 2.45 bits per heavy atom. The molecule has 0 spiro atoms. The van der Waals surface area contributed by atoms with Crippen LogP contribution in [-0.2, 0) is 0 Å². The van der Waals surface area contributed by atoms with Gasteiger partial charge < -0.3 is 15.2 Å². The smallest absolute Gasteiger partial charge is 0.145 e. The minimum Gasteiger partial charge on any atom is -0.496 e. The highest BCUT2D eigenvalue weighted by molar-refractivity contribution is 9.11. The van der Waals surface area contributed by atoms with E-state index in [9.17, 15) is 0 Å². The largest absolute Gasteiger partial charge is 0.496 e. The van der Waals surface area contributed by atoms with Gasteiger partial charge in [-0.3, -0.25) is 0 Å². The van der Waals surface area contributed by atoms with Crippen molar-refractivity contribution in [3.05, 3.63) is 43.0 Å². The predicted molar refractivity (Wildman–Crippen MR) is 89.9 cm³/mol. The van der Waals surface area contributed by atoms with Gasteiger partial charge in [0.15, 0.2) is 0 Å². The quantitative estimate of drug-likeness (QED) is 0.764. The van der Waals surface area contributed by atoms with E-state index in [1.54, 1.807) is 18.4 Å². The maximum absolute atomic E-state index is 6.05. The van der Waals surface area contributed by atoms with Crippen molar-refractivity contribution in [3.63, 3.8) is 0 Å². The molecule has 0 bridgehead atoms. The number of ether oxygens (including phenoxy) is 2. The molecular weight excluding hydrogens is 406 g/mol. The number of nitrogens with two attached hydrogens (primary N) is 1. The van der Waals surface area contributed by atoms with Crippen LogP contribution in [0.2, 0.25) is 0 Å². The van der Waals surface area contributed by atoms with Crippen molar-refractivity contribution in [1.29, 1.82) is 0 Å². The zero-order chi connectivity index (χ0) is 14.7. The van der Waals surface area contributed by atoms with Gasteiger partial charge in [-0.2, -0.15) is 0 Å². The third-order valence-corrected chi connectivity index (χ3v) is 5.23. The molecule has 1 heterocycles. The van der Waals surface area contributed by atoms with Crippen molar-refractivity contribution >= 4 is 43.2 Å². The molecule has 1 unspecified atom stereocenters. The monoisotopic (exact) mass is 419 g/mol. The van der Waals surface area contributed by atoms with E-state index in [1.165, 1.54) is 5.56 Å². The summed E-state index contributed by atoms with van der Waals surface area (Å²) in [5.74, 6) is 1.49. The molecule has 2 aromatic rings. The Kier molecular flexibility index (Phi) is 5.49. The number of halogens is 2. The molecule has 20 heavy (non-hydrogen) atoms. The maximum atomic E-state index is 6.05. The second kappa shape index (κ2) is 6.93. The Labute approximate surface area is 139 Å². The molecule has 2 N–H and O–H groups in total. The molecule has 0 aliphatic rings. The van der Waals surface area contributed by atoms with Crippen LogP contribution in [-0.4, -0.2) is 13.7 Å². The van der Waals surface area contributed by atoms with Crippen LogP contribution in [0.1, 0.15) is 16.5 Å². The van der Waals surface area contributed by atoms with Crippen molar-refractivity contribution in [2.24, 2.45) is 5.73 Å². The number of rotatable bonds is 5. The molecule has 0 radical (unpaired) electrons. The van der Waals surface area contributed by atoms with Crippen molar-refractivity contribution in [2.45, 2.75) is 13.0 Å². The van der Waals surface area contributed by atoms with Gasteiger partial charge in [0.25, 0.3) is 0 Å². The molecule has 6 heteroatoms. The predicted octanol–water partition coefficient (Wildman–Crippen LogP) is 4.67. The van der Waals surface area contributed by atoms with E-state index in [0.29, 0.717) is 6.54 Å². The summed E-state index contributed by atoms with van der Waals surface area (Å²) in [6.45, 7) is 2.49. The third kappa shape index (κ3) is 3.36. The Morgan fingerprint density at radius 1 is 1.25 bits per heavy atom. The summed E-state index contributed by atoms with van der Waals surface area (Å²) >= 11 is 8.62. The Bertz CT molecular complexity index is 601. The fraction of sp³-hybridized carbons (Fsp3) is 0.286. The first-order valence-electron chi connectivity index (χ1n) is 6.00. The van der Waals surface area contributed by atoms with Gasteiger partial charge in [0, 0.05) is 11.4 Å². The minimum absolute atomic E-state index is 0.147. The van der Waals surface area contributed by atoms with E-state index in [4.69, 9.17) is 15.2 Å². The van der Waals surface area contributed by atoms with Gasteiger partial charge in [0.2, 0.25) is 0 Å². The van der Waals surface area contributed by atoms with Crippen molar-refractivity contribution in [1.82, 2.24) is 0 Å². The summed E-state index contributed by atoms with van der Waals surface area (Å²) < 4.78 is 13.0. The minimum atomic E-state index is -0.147. The fourth-order valence-corrected chi connectivity index (χ4v) is 3.70. The van der Waals surface area contributed by atoms with Crippen LogP contribution in [0.3, 0.4) is 0 Å². The molecular formula is C14H15Br2NO2S. The van der Waals surface area contributed by atoms with Crippen molar-refractivity contribution < 1.29 is 9.47 Å². The van der Waals surface area contributed by atoms with Gasteiger partial charge in [0.05, 0.1) is 16.1 Å². The topological polar surface area (TPSA) is 44.5 Å². The molecule has 0 amide bonds. The van der Waals surface area contributed by atoms with Gasteiger partial charge in [-0.05, 0) is 67.9 Å². The summed E-state index contributed by atoms with van der Waals surface area (Å²) in [5, 5.41) is 2.05. The molecule has 1 atom stereocenters. The molecule has 0 fully saturated rings. The second-order valence-corrected chi connectivity index (χ2v) is 6.88. The lowest BCUT2D eigenvalue weighted by Crippen LogP contribution is -2.18. The first kappa shape index (κ1) is 15.8. The van der Waals surface area contributed by atoms with Crippen LogP contribution in [0.5, 0.6) is 11.5 Å².